The highest BCUT2D eigenvalue weighted by Crippen LogP contribution is 2.27. The molecular weight excluding hydrogens is 184 g/mol. The highest BCUT2D eigenvalue weighted by molar-refractivity contribution is 4.96. The molecule has 0 radical (unpaired) electrons. The van der Waals surface area contributed by atoms with Gasteiger partial charge in [-0.25, -0.2) is 0 Å². The zero-order valence-electron chi connectivity index (χ0n) is 8.13. The largest absolute Gasteiger partial charge is 0.394 e. The zero-order chi connectivity index (χ0) is 10.7. The molecule has 0 saturated carbocycles. The van der Waals surface area contributed by atoms with Crippen molar-refractivity contribution in [3.05, 3.63) is 0 Å². The third kappa shape index (κ3) is 2.07. The van der Waals surface area contributed by atoms with Gasteiger partial charge >= 0.3 is 0 Å². The fourth-order valence-electron chi connectivity index (χ4n) is 1.68. The van der Waals surface area contributed by atoms with Crippen LogP contribution in [0.2, 0.25) is 0 Å². The van der Waals surface area contributed by atoms with Crippen molar-refractivity contribution in [2.45, 2.75) is 37.8 Å². The molecule has 1 aliphatic rings. The van der Waals surface area contributed by atoms with E-state index in [1.165, 1.54) is 0 Å². The summed E-state index contributed by atoms with van der Waals surface area (Å²) in [5.74, 6) is 2.23. The van der Waals surface area contributed by atoms with E-state index in [0.29, 0.717) is 6.42 Å². The molecule has 14 heavy (non-hydrogen) atoms. The minimum Gasteiger partial charge on any atom is -0.394 e. The molecule has 1 rings (SSSR count). The number of terminal acetylenes is 1. The molecule has 3 N–H and O–H groups in total. The van der Waals surface area contributed by atoms with Gasteiger partial charge in [-0.1, -0.05) is 6.92 Å². The summed E-state index contributed by atoms with van der Waals surface area (Å²) in [6.07, 6.45) is 2.57. The van der Waals surface area contributed by atoms with Gasteiger partial charge in [0.2, 0.25) is 0 Å². The van der Waals surface area contributed by atoms with Crippen molar-refractivity contribution >= 4 is 0 Å². The van der Waals surface area contributed by atoms with Crippen molar-refractivity contribution < 1.29 is 20.1 Å². The van der Waals surface area contributed by atoms with Gasteiger partial charge in [-0.3, -0.25) is 0 Å². The molecule has 0 unspecified atom stereocenters. The summed E-state index contributed by atoms with van der Waals surface area (Å²) in [5.41, 5.74) is 0. The fourth-order valence-corrected chi connectivity index (χ4v) is 1.68. The Morgan fingerprint density at radius 3 is 2.43 bits per heavy atom. The number of ether oxygens (including phenoxy) is 1. The van der Waals surface area contributed by atoms with Gasteiger partial charge in [-0.05, 0) is 0 Å². The van der Waals surface area contributed by atoms with Crippen LogP contribution in [0.15, 0.2) is 0 Å². The van der Waals surface area contributed by atoms with E-state index in [1.807, 2.05) is 0 Å². The SMILES string of the molecule is C#CC[C@@H]1O[C@H](CO)[C@H](O)[C@H](O)[C@H]1C. The Kier molecular flexibility index (Phi) is 3.90. The Balaban J connectivity index is 2.69. The van der Waals surface area contributed by atoms with Crippen LogP contribution in [-0.2, 0) is 4.74 Å². The maximum Gasteiger partial charge on any atom is 0.109 e. The Bertz CT molecular complexity index is 221. The first kappa shape index (κ1) is 11.5. The van der Waals surface area contributed by atoms with Crippen molar-refractivity contribution in [3.63, 3.8) is 0 Å². The van der Waals surface area contributed by atoms with E-state index >= 15 is 0 Å². The second kappa shape index (κ2) is 4.76. The monoisotopic (exact) mass is 200 g/mol. The Labute approximate surface area is 83.5 Å². The van der Waals surface area contributed by atoms with Crippen molar-refractivity contribution in [3.8, 4) is 12.3 Å². The molecule has 1 heterocycles. The molecule has 0 aliphatic carbocycles. The molecule has 0 aromatic carbocycles. The molecule has 0 bridgehead atoms. The molecule has 1 aliphatic heterocycles. The molecule has 0 aromatic heterocycles. The molecule has 80 valence electrons. The molecule has 0 amide bonds. The van der Waals surface area contributed by atoms with Gasteiger partial charge in [0.15, 0.2) is 0 Å². The first-order valence-electron chi connectivity index (χ1n) is 4.67. The van der Waals surface area contributed by atoms with E-state index < -0.39 is 18.3 Å². The Morgan fingerprint density at radius 2 is 1.93 bits per heavy atom. The van der Waals surface area contributed by atoms with Crippen molar-refractivity contribution in [1.29, 1.82) is 0 Å². The molecule has 1 saturated heterocycles. The number of aliphatic hydroxyl groups is 3. The van der Waals surface area contributed by atoms with Crippen LogP contribution in [0.25, 0.3) is 0 Å². The maximum absolute atomic E-state index is 9.64. The maximum atomic E-state index is 9.64. The lowest BCUT2D eigenvalue weighted by atomic mass is 9.87. The minimum absolute atomic E-state index is 0.219. The van der Waals surface area contributed by atoms with Gasteiger partial charge in [-0.2, -0.15) is 0 Å². The second-order valence-electron chi connectivity index (χ2n) is 3.64. The number of hydrogen-bond donors (Lipinski definition) is 3. The van der Waals surface area contributed by atoms with Gasteiger partial charge in [0, 0.05) is 12.3 Å². The second-order valence-corrected chi connectivity index (χ2v) is 3.64. The van der Waals surface area contributed by atoms with Gasteiger partial charge in [0.1, 0.15) is 12.2 Å². The predicted molar refractivity (Wildman–Crippen MR) is 50.4 cm³/mol. The van der Waals surface area contributed by atoms with Gasteiger partial charge in [0.05, 0.1) is 18.8 Å². The first-order valence-corrected chi connectivity index (χ1v) is 4.67. The zero-order valence-corrected chi connectivity index (χ0v) is 8.13. The lowest BCUT2D eigenvalue weighted by Gasteiger charge is -2.40. The van der Waals surface area contributed by atoms with E-state index in [1.54, 1.807) is 6.92 Å². The molecule has 0 aromatic rings. The van der Waals surface area contributed by atoms with Crippen LogP contribution in [0, 0.1) is 18.3 Å². The van der Waals surface area contributed by atoms with E-state index in [9.17, 15) is 10.2 Å². The number of rotatable bonds is 2. The van der Waals surface area contributed by atoms with E-state index in [-0.39, 0.29) is 18.6 Å². The molecule has 0 spiro atoms. The van der Waals surface area contributed by atoms with Crippen LogP contribution in [0.3, 0.4) is 0 Å². The number of hydrogen-bond acceptors (Lipinski definition) is 4. The summed E-state index contributed by atoms with van der Waals surface area (Å²) in [6, 6.07) is 0. The van der Waals surface area contributed by atoms with Crippen LogP contribution < -0.4 is 0 Å². The summed E-state index contributed by atoms with van der Waals surface area (Å²) in [5, 5.41) is 28.0. The topological polar surface area (TPSA) is 69.9 Å². The van der Waals surface area contributed by atoms with Crippen molar-refractivity contribution in [2.24, 2.45) is 5.92 Å². The quantitative estimate of drug-likeness (QED) is 0.507. The average molecular weight is 200 g/mol. The fraction of sp³-hybridized carbons (Fsp3) is 0.800. The summed E-state index contributed by atoms with van der Waals surface area (Å²) in [7, 11) is 0. The smallest absolute Gasteiger partial charge is 0.109 e. The highest BCUT2D eigenvalue weighted by Gasteiger charge is 2.41. The molecule has 1 fully saturated rings. The van der Waals surface area contributed by atoms with Gasteiger partial charge in [-0.15, -0.1) is 12.3 Å². The van der Waals surface area contributed by atoms with E-state index in [2.05, 4.69) is 5.92 Å². The van der Waals surface area contributed by atoms with Crippen LogP contribution in [0.5, 0.6) is 0 Å². The Morgan fingerprint density at radius 1 is 1.29 bits per heavy atom. The van der Waals surface area contributed by atoms with Crippen LogP contribution >= 0.6 is 0 Å². The molecular formula is C10H16O4. The standard InChI is InChI=1S/C10H16O4/c1-3-4-7-6(2)9(12)10(13)8(5-11)14-7/h1,6-13H,4-5H2,2H3/t6-,7-,8+,9+,10-/m0/s1. The molecule has 4 nitrogen and oxygen atoms in total. The van der Waals surface area contributed by atoms with Crippen LogP contribution in [0.4, 0.5) is 0 Å². The third-order valence-electron chi connectivity index (χ3n) is 2.70. The van der Waals surface area contributed by atoms with Gasteiger partial charge < -0.3 is 20.1 Å². The lowest BCUT2D eigenvalue weighted by Crippen LogP contribution is -2.54. The molecule has 4 heteroatoms. The lowest BCUT2D eigenvalue weighted by molar-refractivity contribution is -0.203. The first-order chi connectivity index (χ1) is 6.61. The van der Waals surface area contributed by atoms with Crippen molar-refractivity contribution in [1.82, 2.24) is 0 Å². The Hall–Kier alpha value is -0.600. The van der Waals surface area contributed by atoms with E-state index in [4.69, 9.17) is 16.3 Å². The predicted octanol–water partition coefficient (Wildman–Crippen LogP) is -0.873. The summed E-state index contributed by atoms with van der Waals surface area (Å²) >= 11 is 0. The van der Waals surface area contributed by atoms with Crippen LogP contribution in [0.1, 0.15) is 13.3 Å². The van der Waals surface area contributed by atoms with E-state index in [0.717, 1.165) is 0 Å². The summed E-state index contributed by atoms with van der Waals surface area (Å²) in [4.78, 5) is 0. The average Bonchev–Trinajstić information content (AvgIpc) is 2.19. The normalized spacial score (nSPS) is 43.2. The molecule has 5 atom stereocenters. The van der Waals surface area contributed by atoms with Crippen molar-refractivity contribution in [2.75, 3.05) is 6.61 Å². The highest BCUT2D eigenvalue weighted by atomic mass is 16.5. The van der Waals surface area contributed by atoms with Crippen LogP contribution in [-0.4, -0.2) is 46.3 Å². The summed E-state index contributed by atoms with van der Waals surface area (Å²) in [6.45, 7) is 1.45. The summed E-state index contributed by atoms with van der Waals surface area (Å²) < 4.78 is 5.37. The number of aliphatic hydroxyl groups excluding tert-OH is 3. The third-order valence-corrected chi connectivity index (χ3v) is 2.70. The minimum atomic E-state index is -1.04. The van der Waals surface area contributed by atoms with Gasteiger partial charge in [0.25, 0.3) is 0 Å².